The molecule has 2 heterocycles. The molecule has 1 atom stereocenters. The van der Waals surface area contributed by atoms with Crippen LogP contribution in [0.2, 0.25) is 0 Å². The summed E-state index contributed by atoms with van der Waals surface area (Å²) in [7, 11) is 0. The molecule has 106 valence electrons. The van der Waals surface area contributed by atoms with Gasteiger partial charge in [-0.2, -0.15) is 0 Å². The molecule has 1 unspecified atom stereocenters. The van der Waals surface area contributed by atoms with Gasteiger partial charge < -0.3 is 5.32 Å². The predicted octanol–water partition coefficient (Wildman–Crippen LogP) is 3.11. The second kappa shape index (κ2) is 6.41. The molecule has 0 saturated heterocycles. The van der Waals surface area contributed by atoms with Gasteiger partial charge in [-0.1, -0.05) is 25.1 Å². The fourth-order valence-corrected chi connectivity index (χ4v) is 2.35. The first kappa shape index (κ1) is 13.6. The van der Waals surface area contributed by atoms with Crippen molar-refractivity contribution in [3.8, 4) is 0 Å². The van der Waals surface area contributed by atoms with Gasteiger partial charge in [0.05, 0.1) is 11.6 Å². The SMILES string of the molecule is CCCNC(c1cnc2ccccc2c1)c1ncccn1. The lowest BCUT2D eigenvalue weighted by molar-refractivity contribution is 0.571. The summed E-state index contributed by atoms with van der Waals surface area (Å²) in [5.41, 5.74) is 2.10. The minimum atomic E-state index is -0.0248. The molecule has 0 radical (unpaired) electrons. The maximum absolute atomic E-state index is 4.54. The van der Waals surface area contributed by atoms with Crippen LogP contribution in [-0.2, 0) is 0 Å². The minimum absolute atomic E-state index is 0.0248. The van der Waals surface area contributed by atoms with Crippen molar-refractivity contribution in [1.82, 2.24) is 20.3 Å². The highest BCUT2D eigenvalue weighted by Gasteiger charge is 2.16. The van der Waals surface area contributed by atoms with Crippen LogP contribution >= 0.6 is 0 Å². The van der Waals surface area contributed by atoms with Gasteiger partial charge in [0, 0.05) is 24.0 Å². The van der Waals surface area contributed by atoms with Crippen LogP contribution in [0, 0.1) is 0 Å². The molecule has 1 aromatic carbocycles. The van der Waals surface area contributed by atoms with E-state index in [1.54, 1.807) is 12.4 Å². The number of aromatic nitrogens is 3. The molecule has 4 heteroatoms. The molecular formula is C17H18N4. The van der Waals surface area contributed by atoms with Crippen LogP contribution in [0.1, 0.15) is 30.8 Å². The predicted molar refractivity (Wildman–Crippen MR) is 83.9 cm³/mol. The Labute approximate surface area is 124 Å². The van der Waals surface area contributed by atoms with Crippen LogP contribution in [-0.4, -0.2) is 21.5 Å². The number of fused-ring (bicyclic) bond motifs is 1. The third kappa shape index (κ3) is 3.06. The van der Waals surface area contributed by atoms with Crippen molar-refractivity contribution in [2.45, 2.75) is 19.4 Å². The Balaban J connectivity index is 2.01. The van der Waals surface area contributed by atoms with Crippen LogP contribution in [0.3, 0.4) is 0 Å². The van der Waals surface area contributed by atoms with Crippen LogP contribution in [0.5, 0.6) is 0 Å². The monoisotopic (exact) mass is 278 g/mol. The van der Waals surface area contributed by atoms with Gasteiger partial charge >= 0.3 is 0 Å². The van der Waals surface area contributed by atoms with Gasteiger partial charge in [-0.05, 0) is 36.7 Å². The zero-order valence-corrected chi connectivity index (χ0v) is 12.0. The molecular weight excluding hydrogens is 260 g/mol. The smallest absolute Gasteiger partial charge is 0.149 e. The third-order valence-corrected chi connectivity index (χ3v) is 3.39. The number of hydrogen-bond acceptors (Lipinski definition) is 4. The van der Waals surface area contributed by atoms with E-state index in [-0.39, 0.29) is 6.04 Å². The molecule has 1 N–H and O–H groups in total. The van der Waals surface area contributed by atoms with Gasteiger partial charge in [0.2, 0.25) is 0 Å². The van der Waals surface area contributed by atoms with E-state index >= 15 is 0 Å². The van der Waals surface area contributed by atoms with Crippen molar-refractivity contribution in [3.63, 3.8) is 0 Å². The van der Waals surface area contributed by atoms with E-state index in [9.17, 15) is 0 Å². The van der Waals surface area contributed by atoms with Gasteiger partial charge in [-0.25, -0.2) is 9.97 Å². The summed E-state index contributed by atoms with van der Waals surface area (Å²) in [6.45, 7) is 3.06. The molecule has 3 rings (SSSR count). The molecule has 0 fully saturated rings. The quantitative estimate of drug-likeness (QED) is 0.779. The molecule has 0 spiro atoms. The van der Waals surface area contributed by atoms with E-state index in [2.05, 4.69) is 39.3 Å². The summed E-state index contributed by atoms with van der Waals surface area (Å²) in [5.74, 6) is 0.781. The Kier molecular flexibility index (Phi) is 4.17. The fourth-order valence-electron chi connectivity index (χ4n) is 2.35. The summed E-state index contributed by atoms with van der Waals surface area (Å²) < 4.78 is 0. The molecule has 0 aliphatic heterocycles. The summed E-state index contributed by atoms with van der Waals surface area (Å²) >= 11 is 0. The van der Waals surface area contributed by atoms with Crippen molar-refractivity contribution in [2.24, 2.45) is 0 Å². The highest BCUT2D eigenvalue weighted by molar-refractivity contribution is 5.78. The Bertz CT molecular complexity index is 712. The Morgan fingerprint density at radius 3 is 2.67 bits per heavy atom. The van der Waals surface area contributed by atoms with Gasteiger partial charge in [-0.15, -0.1) is 0 Å². The molecule has 3 aromatic rings. The third-order valence-electron chi connectivity index (χ3n) is 3.39. The number of nitrogens with zero attached hydrogens (tertiary/aromatic N) is 3. The molecule has 4 nitrogen and oxygen atoms in total. The van der Waals surface area contributed by atoms with Gasteiger partial charge in [0.1, 0.15) is 5.82 Å². The maximum atomic E-state index is 4.54. The van der Waals surface area contributed by atoms with Crippen LogP contribution in [0.4, 0.5) is 0 Å². The number of hydrogen-bond donors (Lipinski definition) is 1. The Morgan fingerprint density at radius 1 is 1.05 bits per heavy atom. The van der Waals surface area contributed by atoms with Crippen LogP contribution < -0.4 is 5.32 Å². The zero-order valence-electron chi connectivity index (χ0n) is 12.0. The lowest BCUT2D eigenvalue weighted by atomic mass is 10.1. The molecule has 0 aliphatic carbocycles. The van der Waals surface area contributed by atoms with Gasteiger partial charge in [0.15, 0.2) is 0 Å². The van der Waals surface area contributed by atoms with Crippen molar-refractivity contribution in [2.75, 3.05) is 6.54 Å². The number of benzene rings is 1. The first-order valence-corrected chi connectivity index (χ1v) is 7.23. The standard InChI is InChI=1S/C17H18N4/c1-2-8-18-16(17-19-9-5-10-20-17)14-11-13-6-3-4-7-15(13)21-12-14/h3-7,9-12,16,18H,2,8H2,1H3. The van der Waals surface area contributed by atoms with E-state index in [4.69, 9.17) is 0 Å². The average Bonchev–Trinajstić information content (AvgIpc) is 2.56. The van der Waals surface area contributed by atoms with E-state index in [1.165, 1.54) is 0 Å². The van der Waals surface area contributed by atoms with Crippen molar-refractivity contribution in [3.05, 3.63) is 66.4 Å². The first-order valence-electron chi connectivity index (χ1n) is 7.23. The lowest BCUT2D eigenvalue weighted by Gasteiger charge is -2.17. The number of rotatable bonds is 5. The molecule has 0 aliphatic rings. The molecule has 2 aromatic heterocycles. The fraction of sp³-hybridized carbons (Fsp3) is 0.235. The Hall–Kier alpha value is -2.33. The second-order valence-corrected chi connectivity index (χ2v) is 4.96. The van der Waals surface area contributed by atoms with E-state index in [1.807, 2.05) is 30.5 Å². The largest absolute Gasteiger partial charge is 0.304 e. The van der Waals surface area contributed by atoms with Crippen molar-refractivity contribution in [1.29, 1.82) is 0 Å². The summed E-state index contributed by atoms with van der Waals surface area (Å²) in [6, 6.07) is 12.1. The van der Waals surface area contributed by atoms with Crippen LogP contribution in [0.25, 0.3) is 10.9 Å². The maximum Gasteiger partial charge on any atom is 0.149 e. The second-order valence-electron chi connectivity index (χ2n) is 4.96. The topological polar surface area (TPSA) is 50.7 Å². The summed E-state index contributed by atoms with van der Waals surface area (Å²) in [5, 5.41) is 4.64. The number of para-hydroxylation sites is 1. The molecule has 0 bridgehead atoms. The van der Waals surface area contributed by atoms with Crippen molar-refractivity contribution < 1.29 is 0 Å². The summed E-state index contributed by atoms with van der Waals surface area (Å²) in [6.07, 6.45) is 6.52. The Morgan fingerprint density at radius 2 is 1.86 bits per heavy atom. The van der Waals surface area contributed by atoms with E-state index in [0.717, 1.165) is 35.3 Å². The van der Waals surface area contributed by atoms with Crippen molar-refractivity contribution >= 4 is 10.9 Å². The number of nitrogens with one attached hydrogen (secondary N) is 1. The average molecular weight is 278 g/mol. The lowest BCUT2D eigenvalue weighted by Crippen LogP contribution is -2.25. The highest BCUT2D eigenvalue weighted by atomic mass is 15.0. The van der Waals surface area contributed by atoms with Gasteiger partial charge in [0.25, 0.3) is 0 Å². The first-order chi connectivity index (χ1) is 10.4. The van der Waals surface area contributed by atoms with Crippen LogP contribution in [0.15, 0.2) is 55.0 Å². The molecule has 0 saturated carbocycles. The highest BCUT2D eigenvalue weighted by Crippen LogP contribution is 2.21. The zero-order chi connectivity index (χ0) is 14.5. The van der Waals surface area contributed by atoms with E-state index < -0.39 is 0 Å². The normalized spacial score (nSPS) is 12.4. The summed E-state index contributed by atoms with van der Waals surface area (Å²) in [4.78, 5) is 13.3. The number of pyridine rings is 1. The van der Waals surface area contributed by atoms with Gasteiger partial charge in [-0.3, -0.25) is 4.98 Å². The van der Waals surface area contributed by atoms with E-state index in [0.29, 0.717) is 0 Å². The minimum Gasteiger partial charge on any atom is -0.304 e. The molecule has 0 amide bonds. The molecule has 21 heavy (non-hydrogen) atoms.